The molecule has 0 saturated carbocycles. The van der Waals surface area contributed by atoms with E-state index >= 15 is 0 Å². The van der Waals surface area contributed by atoms with E-state index < -0.39 is 0 Å². The van der Waals surface area contributed by atoms with Crippen LogP contribution < -0.4 is 10.5 Å². The minimum atomic E-state index is -0.0930. The van der Waals surface area contributed by atoms with Crippen molar-refractivity contribution in [2.45, 2.75) is 13.5 Å². The zero-order chi connectivity index (χ0) is 19.1. The lowest BCUT2D eigenvalue weighted by atomic mass is 10.0. The van der Waals surface area contributed by atoms with Crippen molar-refractivity contribution in [3.8, 4) is 11.3 Å². The number of pyridine rings is 1. The fourth-order valence-corrected chi connectivity index (χ4v) is 3.50. The normalized spacial score (nSPS) is 14.4. The summed E-state index contributed by atoms with van der Waals surface area (Å²) in [7, 11) is 0. The summed E-state index contributed by atoms with van der Waals surface area (Å²) in [5.41, 5.74) is 2.45. The van der Waals surface area contributed by atoms with Crippen LogP contribution in [0.15, 0.2) is 53.8 Å². The first kappa shape index (κ1) is 16.5. The molecule has 0 aliphatic carbocycles. The molecule has 0 amide bonds. The molecule has 0 radical (unpaired) electrons. The van der Waals surface area contributed by atoms with E-state index in [2.05, 4.69) is 30.0 Å². The van der Waals surface area contributed by atoms with E-state index in [1.807, 2.05) is 25.1 Å². The number of anilines is 1. The van der Waals surface area contributed by atoms with Crippen LogP contribution >= 0.6 is 0 Å². The van der Waals surface area contributed by atoms with Gasteiger partial charge >= 0.3 is 0 Å². The molecule has 5 heterocycles. The van der Waals surface area contributed by atoms with Gasteiger partial charge in [-0.3, -0.25) is 9.78 Å². The van der Waals surface area contributed by atoms with Crippen LogP contribution in [-0.2, 0) is 6.54 Å². The van der Waals surface area contributed by atoms with Gasteiger partial charge in [0.2, 0.25) is 0 Å². The number of hydrogen-bond acceptors (Lipinski definition) is 7. The molecule has 9 nitrogen and oxygen atoms in total. The third-order valence-corrected chi connectivity index (χ3v) is 4.90. The minimum absolute atomic E-state index is 0.0930. The lowest BCUT2D eigenvalue weighted by Gasteiger charge is -2.40. The van der Waals surface area contributed by atoms with E-state index in [-0.39, 0.29) is 5.56 Å². The molecule has 0 aromatic carbocycles. The summed E-state index contributed by atoms with van der Waals surface area (Å²) >= 11 is 0. The second-order valence-corrected chi connectivity index (χ2v) is 6.98. The Bertz CT molecular complexity index is 1190. The molecule has 0 spiro atoms. The second kappa shape index (κ2) is 6.52. The quantitative estimate of drug-likeness (QED) is 0.529. The highest BCUT2D eigenvalue weighted by atomic mass is 16.1. The van der Waals surface area contributed by atoms with Gasteiger partial charge in [0.05, 0.1) is 12.2 Å². The smallest absolute Gasteiger partial charge is 0.266 e. The van der Waals surface area contributed by atoms with Crippen LogP contribution in [0, 0.1) is 12.8 Å². The Labute approximate surface area is 160 Å². The summed E-state index contributed by atoms with van der Waals surface area (Å²) < 4.78 is 3.30. The Hall–Kier alpha value is -3.62. The number of nitrogens with zero attached hydrogens (tertiary/aromatic N) is 8. The third kappa shape index (κ3) is 2.90. The SMILES string of the molecule is Cc1cc(N2CC(Cn3nc(-c4cccnc4)ccc3=O)C2)n2ncnc2n1. The molecule has 0 N–H and O–H groups in total. The Morgan fingerprint density at radius 1 is 1.21 bits per heavy atom. The molecular weight excluding hydrogens is 356 g/mol. The van der Waals surface area contributed by atoms with E-state index in [0.717, 1.165) is 35.9 Å². The van der Waals surface area contributed by atoms with Crippen molar-refractivity contribution in [2.24, 2.45) is 5.92 Å². The van der Waals surface area contributed by atoms with Crippen molar-refractivity contribution in [2.75, 3.05) is 18.0 Å². The highest BCUT2D eigenvalue weighted by Crippen LogP contribution is 2.26. The van der Waals surface area contributed by atoms with Crippen molar-refractivity contribution in [3.05, 3.63) is 65.1 Å². The van der Waals surface area contributed by atoms with Gasteiger partial charge in [-0.1, -0.05) is 0 Å². The molecule has 5 rings (SSSR count). The summed E-state index contributed by atoms with van der Waals surface area (Å²) in [5.74, 6) is 1.91. The standard InChI is InChI=1S/C19H18N8O/c1-13-7-17(27-19(23-13)21-12-22-27)25-9-14(10-25)11-26-18(28)5-4-16(24-26)15-3-2-6-20-8-15/h2-8,12,14H,9-11H2,1H3. The first-order valence-electron chi connectivity index (χ1n) is 9.08. The van der Waals surface area contributed by atoms with Gasteiger partial charge < -0.3 is 4.90 Å². The number of aryl methyl sites for hydroxylation is 1. The summed E-state index contributed by atoms with van der Waals surface area (Å²) in [6.45, 7) is 4.17. The van der Waals surface area contributed by atoms with Crippen molar-refractivity contribution in [1.82, 2.24) is 34.3 Å². The molecule has 4 aromatic heterocycles. The number of hydrogen-bond donors (Lipinski definition) is 0. The topological polar surface area (TPSA) is 94.1 Å². The predicted molar refractivity (Wildman–Crippen MR) is 103 cm³/mol. The van der Waals surface area contributed by atoms with Gasteiger partial charge in [-0.05, 0) is 25.1 Å². The lowest BCUT2D eigenvalue weighted by molar-refractivity contribution is 0.332. The monoisotopic (exact) mass is 374 g/mol. The van der Waals surface area contributed by atoms with Crippen LogP contribution in [0.4, 0.5) is 5.82 Å². The number of aromatic nitrogens is 7. The maximum atomic E-state index is 12.3. The highest BCUT2D eigenvalue weighted by molar-refractivity contribution is 5.56. The van der Waals surface area contributed by atoms with Crippen LogP contribution in [0.3, 0.4) is 0 Å². The van der Waals surface area contributed by atoms with Gasteiger partial charge in [-0.15, -0.1) is 0 Å². The summed E-state index contributed by atoms with van der Waals surface area (Å²) in [6.07, 6.45) is 4.97. The van der Waals surface area contributed by atoms with Gasteiger partial charge in [-0.25, -0.2) is 9.67 Å². The molecule has 1 aliphatic rings. The maximum absolute atomic E-state index is 12.3. The number of rotatable bonds is 4. The zero-order valence-corrected chi connectivity index (χ0v) is 15.3. The summed E-state index contributed by atoms with van der Waals surface area (Å²) in [6, 6.07) is 9.11. The van der Waals surface area contributed by atoms with Crippen LogP contribution in [0.1, 0.15) is 5.69 Å². The highest BCUT2D eigenvalue weighted by Gasteiger charge is 2.30. The molecule has 9 heteroatoms. The van der Waals surface area contributed by atoms with Gasteiger partial charge in [0.15, 0.2) is 0 Å². The van der Waals surface area contributed by atoms with Crippen LogP contribution in [0.2, 0.25) is 0 Å². The Kier molecular flexibility index (Phi) is 3.85. The molecule has 140 valence electrons. The minimum Gasteiger partial charge on any atom is -0.356 e. The molecule has 1 saturated heterocycles. The van der Waals surface area contributed by atoms with Gasteiger partial charge in [-0.2, -0.15) is 19.7 Å². The zero-order valence-electron chi connectivity index (χ0n) is 15.3. The van der Waals surface area contributed by atoms with E-state index in [9.17, 15) is 4.79 Å². The summed E-state index contributed by atoms with van der Waals surface area (Å²) in [5, 5.41) is 8.78. The fourth-order valence-electron chi connectivity index (χ4n) is 3.50. The molecule has 0 atom stereocenters. The molecule has 0 bridgehead atoms. The van der Waals surface area contributed by atoms with Gasteiger partial charge in [0, 0.05) is 54.8 Å². The Morgan fingerprint density at radius 2 is 2.11 bits per heavy atom. The molecular formula is C19H18N8O. The average molecular weight is 374 g/mol. The Balaban J connectivity index is 1.34. The molecule has 1 fully saturated rings. The molecule has 28 heavy (non-hydrogen) atoms. The first-order valence-corrected chi connectivity index (χ1v) is 9.08. The van der Waals surface area contributed by atoms with E-state index in [4.69, 9.17) is 0 Å². The average Bonchev–Trinajstić information content (AvgIpc) is 3.14. The number of fused-ring (bicyclic) bond motifs is 1. The molecule has 4 aromatic rings. The van der Waals surface area contributed by atoms with Crippen molar-refractivity contribution in [1.29, 1.82) is 0 Å². The van der Waals surface area contributed by atoms with Crippen LogP contribution in [0.25, 0.3) is 17.0 Å². The predicted octanol–water partition coefficient (Wildman–Crippen LogP) is 1.19. The molecule has 1 aliphatic heterocycles. The Morgan fingerprint density at radius 3 is 2.93 bits per heavy atom. The fraction of sp³-hybridized carbons (Fsp3) is 0.263. The van der Waals surface area contributed by atoms with Crippen molar-refractivity contribution >= 4 is 11.6 Å². The van der Waals surface area contributed by atoms with Gasteiger partial charge in [0.25, 0.3) is 11.3 Å². The largest absolute Gasteiger partial charge is 0.356 e. The first-order chi connectivity index (χ1) is 13.7. The van der Waals surface area contributed by atoms with E-state index in [1.54, 1.807) is 33.7 Å². The molecule has 0 unspecified atom stereocenters. The third-order valence-electron chi connectivity index (χ3n) is 4.90. The van der Waals surface area contributed by atoms with Crippen LogP contribution in [0.5, 0.6) is 0 Å². The lowest BCUT2D eigenvalue weighted by Crippen LogP contribution is -2.50. The van der Waals surface area contributed by atoms with Gasteiger partial charge in [0.1, 0.15) is 12.1 Å². The maximum Gasteiger partial charge on any atom is 0.266 e. The van der Waals surface area contributed by atoms with Crippen molar-refractivity contribution in [3.63, 3.8) is 0 Å². The summed E-state index contributed by atoms with van der Waals surface area (Å²) in [4.78, 5) is 27.1. The van der Waals surface area contributed by atoms with E-state index in [0.29, 0.717) is 18.2 Å². The van der Waals surface area contributed by atoms with E-state index in [1.165, 1.54) is 6.33 Å². The van der Waals surface area contributed by atoms with Crippen molar-refractivity contribution < 1.29 is 0 Å². The second-order valence-electron chi connectivity index (χ2n) is 6.98. The van der Waals surface area contributed by atoms with Crippen LogP contribution in [-0.4, -0.2) is 47.4 Å².